The maximum atomic E-state index is 9.99. The fourth-order valence-electron chi connectivity index (χ4n) is 4.42. The molecule has 2 aliphatic rings. The molecule has 1 atom stereocenters. The number of fused-ring (bicyclic) bond motifs is 1. The summed E-state index contributed by atoms with van der Waals surface area (Å²) in [5, 5.41) is 11.3. The number of benzene rings is 1. The largest absolute Gasteiger partial charge is 0.497 e. The molecule has 0 amide bonds. The summed E-state index contributed by atoms with van der Waals surface area (Å²) >= 11 is 0. The molecule has 1 aromatic heterocycles. The molecule has 5 heteroatoms. The van der Waals surface area contributed by atoms with Gasteiger partial charge in [0.05, 0.1) is 18.8 Å². The fourth-order valence-corrected chi connectivity index (χ4v) is 4.42. The number of aromatic nitrogens is 1. The minimum absolute atomic E-state index is 0.0872. The Kier molecular flexibility index (Phi) is 4.48. The highest BCUT2D eigenvalue weighted by atomic mass is 16.5. The van der Waals surface area contributed by atoms with Crippen LogP contribution in [0, 0.1) is 0 Å². The van der Waals surface area contributed by atoms with Crippen LogP contribution in [0.3, 0.4) is 0 Å². The van der Waals surface area contributed by atoms with Gasteiger partial charge in [0.25, 0.3) is 0 Å². The van der Waals surface area contributed by atoms with Crippen LogP contribution in [0.4, 0.5) is 0 Å². The summed E-state index contributed by atoms with van der Waals surface area (Å²) in [6.45, 7) is 3.69. The summed E-state index contributed by atoms with van der Waals surface area (Å²) in [5.41, 5.74) is 2.50. The minimum atomic E-state index is -0.189. The first-order valence-corrected chi connectivity index (χ1v) is 9.25. The van der Waals surface area contributed by atoms with E-state index in [1.807, 2.05) is 6.07 Å². The maximum absolute atomic E-state index is 9.99. The second kappa shape index (κ2) is 6.63. The van der Waals surface area contributed by atoms with E-state index in [0.717, 1.165) is 51.1 Å². The maximum Gasteiger partial charge on any atom is 0.119 e. The Morgan fingerprint density at radius 2 is 2.12 bits per heavy atom. The number of hydrogen-bond acceptors (Lipinski definition) is 4. The van der Waals surface area contributed by atoms with Crippen LogP contribution in [0.15, 0.2) is 24.4 Å². The SMILES string of the molecule is COc1ccc2c(c1)c(CN1CCC3(CC1)CC(O)CCO3)cn2C. The van der Waals surface area contributed by atoms with Crippen LogP contribution in [-0.4, -0.2) is 53.1 Å². The smallest absolute Gasteiger partial charge is 0.119 e. The van der Waals surface area contributed by atoms with Gasteiger partial charge in [0.15, 0.2) is 0 Å². The number of aliphatic hydroxyl groups excluding tert-OH is 1. The van der Waals surface area contributed by atoms with Gasteiger partial charge in [-0.25, -0.2) is 0 Å². The highest BCUT2D eigenvalue weighted by Crippen LogP contribution is 2.36. The minimum Gasteiger partial charge on any atom is -0.497 e. The van der Waals surface area contributed by atoms with E-state index in [4.69, 9.17) is 9.47 Å². The summed E-state index contributed by atoms with van der Waals surface area (Å²) in [7, 11) is 3.81. The Morgan fingerprint density at radius 1 is 1.32 bits per heavy atom. The van der Waals surface area contributed by atoms with E-state index in [-0.39, 0.29) is 11.7 Å². The van der Waals surface area contributed by atoms with Gasteiger partial charge in [-0.3, -0.25) is 4.90 Å². The molecule has 136 valence electrons. The molecular weight excluding hydrogens is 316 g/mol. The van der Waals surface area contributed by atoms with Crippen molar-refractivity contribution in [2.45, 2.75) is 43.9 Å². The van der Waals surface area contributed by atoms with Crippen molar-refractivity contribution < 1.29 is 14.6 Å². The van der Waals surface area contributed by atoms with Crippen LogP contribution >= 0.6 is 0 Å². The molecule has 4 rings (SSSR count). The van der Waals surface area contributed by atoms with Crippen molar-refractivity contribution in [1.82, 2.24) is 9.47 Å². The standard InChI is InChI=1S/C20H28N2O3/c1-21-13-15(18-11-17(24-2)3-4-19(18)21)14-22-8-6-20(7-9-22)12-16(23)5-10-25-20/h3-4,11,13,16,23H,5-10,12,14H2,1-2H3. The van der Waals surface area contributed by atoms with Crippen molar-refractivity contribution >= 4 is 10.9 Å². The fraction of sp³-hybridized carbons (Fsp3) is 0.600. The third-order valence-electron chi connectivity index (χ3n) is 5.91. The zero-order valence-corrected chi connectivity index (χ0v) is 15.2. The zero-order chi connectivity index (χ0) is 17.4. The molecule has 1 N–H and O–H groups in total. The van der Waals surface area contributed by atoms with Crippen LogP contribution in [0.25, 0.3) is 10.9 Å². The Hall–Kier alpha value is -1.56. The number of ether oxygens (including phenoxy) is 2. The molecule has 1 aromatic carbocycles. The lowest BCUT2D eigenvalue weighted by Gasteiger charge is -2.45. The van der Waals surface area contributed by atoms with Crippen LogP contribution < -0.4 is 4.74 Å². The molecule has 3 heterocycles. The predicted molar refractivity (Wildman–Crippen MR) is 97.9 cm³/mol. The van der Waals surface area contributed by atoms with Gasteiger partial charge in [-0.15, -0.1) is 0 Å². The van der Waals surface area contributed by atoms with Crippen molar-refractivity contribution in [3.05, 3.63) is 30.0 Å². The molecule has 0 radical (unpaired) electrons. The number of nitrogens with zero attached hydrogens (tertiary/aromatic N) is 2. The van der Waals surface area contributed by atoms with Gasteiger partial charge in [0.2, 0.25) is 0 Å². The normalized spacial score (nSPS) is 24.0. The average Bonchev–Trinajstić information content (AvgIpc) is 2.92. The number of likely N-dealkylation sites (tertiary alicyclic amines) is 1. The molecule has 0 saturated carbocycles. The second-order valence-corrected chi connectivity index (χ2v) is 7.60. The Bertz CT molecular complexity index is 747. The first-order valence-electron chi connectivity index (χ1n) is 9.25. The van der Waals surface area contributed by atoms with E-state index in [2.05, 4.69) is 34.8 Å². The highest BCUT2D eigenvalue weighted by molar-refractivity contribution is 5.85. The van der Waals surface area contributed by atoms with Crippen molar-refractivity contribution in [1.29, 1.82) is 0 Å². The van der Waals surface area contributed by atoms with Crippen molar-refractivity contribution in [2.24, 2.45) is 7.05 Å². The zero-order valence-electron chi connectivity index (χ0n) is 15.2. The summed E-state index contributed by atoms with van der Waals surface area (Å²) in [6, 6.07) is 6.28. The molecule has 25 heavy (non-hydrogen) atoms. The second-order valence-electron chi connectivity index (χ2n) is 7.60. The van der Waals surface area contributed by atoms with Crippen LogP contribution in [0.5, 0.6) is 5.75 Å². The molecule has 2 aromatic rings. The van der Waals surface area contributed by atoms with Crippen molar-refractivity contribution in [3.8, 4) is 5.75 Å². The molecule has 2 saturated heterocycles. The van der Waals surface area contributed by atoms with Crippen molar-refractivity contribution in [3.63, 3.8) is 0 Å². The summed E-state index contributed by atoms with van der Waals surface area (Å²) in [4.78, 5) is 2.50. The van der Waals surface area contributed by atoms with Crippen LogP contribution in [0.2, 0.25) is 0 Å². The molecule has 0 bridgehead atoms. The number of piperidine rings is 1. The van der Waals surface area contributed by atoms with Crippen molar-refractivity contribution in [2.75, 3.05) is 26.8 Å². The van der Waals surface area contributed by atoms with Gasteiger partial charge in [-0.2, -0.15) is 0 Å². The van der Waals surface area contributed by atoms with Gasteiger partial charge in [0.1, 0.15) is 5.75 Å². The van der Waals surface area contributed by atoms with Gasteiger partial charge < -0.3 is 19.1 Å². The monoisotopic (exact) mass is 344 g/mol. The van der Waals surface area contributed by atoms with E-state index in [9.17, 15) is 5.11 Å². The summed E-state index contributed by atoms with van der Waals surface area (Å²) in [6.07, 6.45) is 5.65. The van der Waals surface area contributed by atoms with Gasteiger partial charge in [-0.05, 0) is 43.0 Å². The van der Waals surface area contributed by atoms with E-state index in [1.54, 1.807) is 7.11 Å². The quantitative estimate of drug-likeness (QED) is 0.930. The molecule has 5 nitrogen and oxygen atoms in total. The molecule has 2 fully saturated rings. The number of aliphatic hydroxyl groups is 1. The van der Waals surface area contributed by atoms with Gasteiger partial charge in [-0.1, -0.05) is 0 Å². The number of rotatable bonds is 3. The summed E-state index contributed by atoms with van der Waals surface area (Å²) < 4.78 is 13.7. The molecular formula is C20H28N2O3. The lowest BCUT2D eigenvalue weighted by molar-refractivity contribution is -0.143. The lowest BCUT2D eigenvalue weighted by Crippen LogP contribution is -2.50. The Balaban J connectivity index is 1.47. The third-order valence-corrected chi connectivity index (χ3v) is 5.91. The van der Waals surface area contributed by atoms with E-state index in [1.165, 1.54) is 16.5 Å². The molecule has 1 unspecified atom stereocenters. The summed E-state index contributed by atoms with van der Waals surface area (Å²) in [5.74, 6) is 0.905. The van der Waals surface area contributed by atoms with Crippen LogP contribution in [-0.2, 0) is 18.3 Å². The van der Waals surface area contributed by atoms with E-state index < -0.39 is 0 Å². The lowest BCUT2D eigenvalue weighted by atomic mass is 9.83. The molecule has 0 aliphatic carbocycles. The van der Waals surface area contributed by atoms with Gasteiger partial charge >= 0.3 is 0 Å². The Morgan fingerprint density at radius 3 is 2.84 bits per heavy atom. The first kappa shape index (κ1) is 16.9. The average molecular weight is 344 g/mol. The number of methoxy groups -OCH3 is 1. The molecule has 2 aliphatic heterocycles. The molecule has 1 spiro atoms. The van der Waals surface area contributed by atoms with E-state index >= 15 is 0 Å². The van der Waals surface area contributed by atoms with Crippen LogP contribution in [0.1, 0.15) is 31.2 Å². The third kappa shape index (κ3) is 3.28. The number of hydrogen-bond donors (Lipinski definition) is 1. The highest BCUT2D eigenvalue weighted by Gasteiger charge is 2.39. The van der Waals surface area contributed by atoms with E-state index in [0.29, 0.717) is 6.61 Å². The predicted octanol–water partition coefficient (Wildman–Crippen LogP) is 2.69. The van der Waals surface area contributed by atoms with Gasteiger partial charge in [0, 0.05) is 56.8 Å². The number of aryl methyl sites for hydroxylation is 1. The Labute approximate surface area is 149 Å². The first-order chi connectivity index (χ1) is 12.1. The topological polar surface area (TPSA) is 46.9 Å².